The van der Waals surface area contributed by atoms with Crippen molar-refractivity contribution in [1.29, 1.82) is 0 Å². The Kier molecular flexibility index (Phi) is 4.30. The van der Waals surface area contributed by atoms with E-state index < -0.39 is 0 Å². The van der Waals surface area contributed by atoms with Gasteiger partial charge in [-0.25, -0.2) is 4.98 Å². The maximum absolute atomic E-state index is 12.4. The van der Waals surface area contributed by atoms with Crippen LogP contribution in [-0.4, -0.2) is 27.3 Å². The van der Waals surface area contributed by atoms with E-state index in [4.69, 9.17) is 5.73 Å². The number of nitrogens with two attached hydrogens (primary N) is 1. The summed E-state index contributed by atoms with van der Waals surface area (Å²) in [4.78, 5) is 22.3. The Morgan fingerprint density at radius 2 is 1.90 bits per heavy atom. The number of carbonyl (C=O) groups excluding carboxylic acids is 1. The fourth-order valence-corrected chi connectivity index (χ4v) is 1.84. The van der Waals surface area contributed by atoms with Crippen molar-refractivity contribution in [3.05, 3.63) is 53.6 Å². The van der Waals surface area contributed by atoms with Crippen molar-refractivity contribution in [2.45, 2.75) is 20.4 Å². The zero-order valence-electron chi connectivity index (χ0n) is 11.7. The second kappa shape index (κ2) is 6.14. The van der Waals surface area contributed by atoms with Crippen LogP contribution >= 0.6 is 0 Å². The minimum Gasteiger partial charge on any atom is -0.399 e. The molecule has 0 aliphatic heterocycles. The molecule has 2 N–H and O–H groups in total. The minimum absolute atomic E-state index is 0.114. The molecule has 0 saturated heterocycles. The second-order valence-corrected chi connectivity index (χ2v) is 4.60. The fraction of sp³-hybridized carbons (Fsp3) is 0.267. The second-order valence-electron chi connectivity index (χ2n) is 4.60. The third-order valence-electron chi connectivity index (χ3n) is 3.02. The summed E-state index contributed by atoms with van der Waals surface area (Å²) in [6.45, 7) is 4.92. The van der Waals surface area contributed by atoms with Gasteiger partial charge in [-0.05, 0) is 31.5 Å². The summed E-state index contributed by atoms with van der Waals surface area (Å²) in [6, 6.07) is 7.51. The quantitative estimate of drug-likeness (QED) is 0.863. The van der Waals surface area contributed by atoms with E-state index in [9.17, 15) is 4.79 Å². The highest BCUT2D eigenvalue weighted by Crippen LogP contribution is 2.10. The van der Waals surface area contributed by atoms with Gasteiger partial charge >= 0.3 is 0 Å². The van der Waals surface area contributed by atoms with Crippen LogP contribution in [0.1, 0.15) is 28.7 Å². The van der Waals surface area contributed by atoms with Crippen LogP contribution in [0.15, 0.2) is 36.7 Å². The third-order valence-corrected chi connectivity index (χ3v) is 3.02. The van der Waals surface area contributed by atoms with Gasteiger partial charge in [0, 0.05) is 25.0 Å². The molecule has 2 aromatic rings. The molecule has 0 aliphatic rings. The number of anilines is 1. The third kappa shape index (κ3) is 3.32. The van der Waals surface area contributed by atoms with Crippen LogP contribution in [0.25, 0.3) is 0 Å². The predicted octanol–water partition coefficient (Wildman–Crippen LogP) is 2.03. The first kappa shape index (κ1) is 14.0. The molecule has 0 spiro atoms. The summed E-state index contributed by atoms with van der Waals surface area (Å²) in [5.74, 6) is -0.114. The van der Waals surface area contributed by atoms with Gasteiger partial charge in [-0.1, -0.05) is 12.1 Å². The van der Waals surface area contributed by atoms with E-state index in [0.29, 0.717) is 24.5 Å². The molecule has 0 bridgehead atoms. The Balaban J connectivity index is 2.13. The van der Waals surface area contributed by atoms with Crippen molar-refractivity contribution in [1.82, 2.24) is 14.9 Å². The average molecular weight is 270 g/mol. The van der Waals surface area contributed by atoms with Crippen molar-refractivity contribution in [3.8, 4) is 0 Å². The first-order chi connectivity index (χ1) is 9.60. The number of aromatic nitrogens is 2. The van der Waals surface area contributed by atoms with Gasteiger partial charge < -0.3 is 10.6 Å². The molecule has 5 nitrogen and oxygen atoms in total. The van der Waals surface area contributed by atoms with E-state index in [-0.39, 0.29) is 5.91 Å². The highest BCUT2D eigenvalue weighted by Gasteiger charge is 2.16. The Bertz CT molecular complexity index is 578. The SMILES string of the molecule is CCN(Cc1ccc(N)cc1)C(=O)c1cnc(C)cn1. The van der Waals surface area contributed by atoms with Crippen LogP contribution in [0.2, 0.25) is 0 Å². The van der Waals surface area contributed by atoms with Crippen molar-refractivity contribution in [3.63, 3.8) is 0 Å². The molecular formula is C15H18N4O. The number of aryl methyl sites for hydroxylation is 1. The van der Waals surface area contributed by atoms with Crippen LogP contribution in [-0.2, 0) is 6.54 Å². The van der Waals surface area contributed by atoms with E-state index in [2.05, 4.69) is 9.97 Å². The van der Waals surface area contributed by atoms with Gasteiger partial charge in [-0.2, -0.15) is 0 Å². The maximum atomic E-state index is 12.4. The first-order valence-electron chi connectivity index (χ1n) is 6.52. The van der Waals surface area contributed by atoms with Crippen LogP contribution in [0, 0.1) is 6.92 Å². The van der Waals surface area contributed by atoms with E-state index in [1.165, 1.54) is 6.20 Å². The monoisotopic (exact) mass is 270 g/mol. The molecule has 0 radical (unpaired) electrons. The van der Waals surface area contributed by atoms with Gasteiger partial charge in [0.05, 0.1) is 11.9 Å². The molecule has 0 saturated carbocycles. The van der Waals surface area contributed by atoms with Crippen molar-refractivity contribution >= 4 is 11.6 Å². The first-order valence-corrected chi connectivity index (χ1v) is 6.52. The highest BCUT2D eigenvalue weighted by molar-refractivity contribution is 5.91. The number of carbonyl (C=O) groups is 1. The molecule has 2 rings (SSSR count). The number of hydrogen-bond acceptors (Lipinski definition) is 4. The van der Waals surface area contributed by atoms with Gasteiger partial charge in [0.15, 0.2) is 0 Å². The zero-order valence-corrected chi connectivity index (χ0v) is 11.7. The lowest BCUT2D eigenvalue weighted by atomic mass is 10.2. The number of benzene rings is 1. The largest absolute Gasteiger partial charge is 0.399 e. The van der Waals surface area contributed by atoms with E-state index in [1.54, 1.807) is 11.1 Å². The molecule has 1 aromatic carbocycles. The summed E-state index contributed by atoms with van der Waals surface area (Å²) >= 11 is 0. The molecule has 0 unspecified atom stereocenters. The highest BCUT2D eigenvalue weighted by atomic mass is 16.2. The van der Waals surface area contributed by atoms with E-state index in [0.717, 1.165) is 11.3 Å². The van der Waals surface area contributed by atoms with Gasteiger partial charge in [0.25, 0.3) is 5.91 Å². The smallest absolute Gasteiger partial charge is 0.274 e. The van der Waals surface area contributed by atoms with Crippen LogP contribution in [0.3, 0.4) is 0 Å². The Labute approximate surface area is 118 Å². The summed E-state index contributed by atoms with van der Waals surface area (Å²) < 4.78 is 0. The van der Waals surface area contributed by atoms with Gasteiger partial charge in [0.2, 0.25) is 0 Å². The van der Waals surface area contributed by atoms with Crippen molar-refractivity contribution in [2.24, 2.45) is 0 Å². The zero-order chi connectivity index (χ0) is 14.5. The molecule has 1 aromatic heterocycles. The predicted molar refractivity (Wildman–Crippen MR) is 78.0 cm³/mol. The lowest BCUT2D eigenvalue weighted by molar-refractivity contribution is 0.0746. The molecule has 0 atom stereocenters. The van der Waals surface area contributed by atoms with Gasteiger partial charge in [-0.3, -0.25) is 9.78 Å². The summed E-state index contributed by atoms with van der Waals surface area (Å²) in [5, 5.41) is 0. The standard InChI is InChI=1S/C15H18N4O/c1-3-19(10-12-4-6-13(16)7-5-12)15(20)14-9-17-11(2)8-18-14/h4-9H,3,10,16H2,1-2H3. The number of nitrogens with zero attached hydrogens (tertiary/aromatic N) is 3. The normalized spacial score (nSPS) is 10.3. The van der Waals surface area contributed by atoms with Crippen molar-refractivity contribution in [2.75, 3.05) is 12.3 Å². The van der Waals surface area contributed by atoms with Gasteiger partial charge in [-0.15, -0.1) is 0 Å². The topological polar surface area (TPSA) is 72.1 Å². The molecule has 5 heteroatoms. The Morgan fingerprint density at radius 3 is 2.45 bits per heavy atom. The average Bonchev–Trinajstić information content (AvgIpc) is 2.47. The molecule has 1 amide bonds. The molecule has 104 valence electrons. The number of nitrogen functional groups attached to an aromatic ring is 1. The number of rotatable bonds is 4. The fourth-order valence-electron chi connectivity index (χ4n) is 1.84. The number of amides is 1. The molecular weight excluding hydrogens is 252 g/mol. The van der Waals surface area contributed by atoms with Crippen LogP contribution in [0.5, 0.6) is 0 Å². The lowest BCUT2D eigenvalue weighted by Crippen LogP contribution is -2.31. The van der Waals surface area contributed by atoms with Gasteiger partial charge in [0.1, 0.15) is 5.69 Å². The van der Waals surface area contributed by atoms with Crippen LogP contribution < -0.4 is 5.73 Å². The summed E-state index contributed by atoms with van der Waals surface area (Å²) in [7, 11) is 0. The summed E-state index contributed by atoms with van der Waals surface area (Å²) in [6.07, 6.45) is 3.12. The number of hydrogen-bond donors (Lipinski definition) is 1. The minimum atomic E-state index is -0.114. The van der Waals surface area contributed by atoms with Crippen molar-refractivity contribution < 1.29 is 4.79 Å². The van der Waals surface area contributed by atoms with Crippen LogP contribution in [0.4, 0.5) is 5.69 Å². The molecule has 0 fully saturated rings. The Hall–Kier alpha value is -2.43. The summed E-state index contributed by atoms with van der Waals surface area (Å²) in [5.41, 5.74) is 8.57. The molecule has 1 heterocycles. The van der Waals surface area contributed by atoms with E-state index in [1.807, 2.05) is 38.1 Å². The lowest BCUT2D eigenvalue weighted by Gasteiger charge is -2.20. The molecule has 0 aliphatic carbocycles. The maximum Gasteiger partial charge on any atom is 0.274 e. The Morgan fingerprint density at radius 1 is 1.20 bits per heavy atom. The van der Waals surface area contributed by atoms with E-state index >= 15 is 0 Å². The molecule has 20 heavy (non-hydrogen) atoms.